The first-order valence-electron chi connectivity index (χ1n) is 9.76. The molecule has 0 bridgehead atoms. The summed E-state index contributed by atoms with van der Waals surface area (Å²) in [6, 6.07) is 5.04. The summed E-state index contributed by atoms with van der Waals surface area (Å²) >= 11 is 0. The maximum Gasteiger partial charge on any atom is 0.508 e. The summed E-state index contributed by atoms with van der Waals surface area (Å²) in [6.07, 6.45) is -0.194. The number of ether oxygens (including phenoxy) is 3. The molecule has 0 unspecified atom stereocenters. The molecule has 3 rings (SSSR count). The number of fused-ring (bicyclic) bond motifs is 1. The van der Waals surface area contributed by atoms with Gasteiger partial charge in [0.25, 0.3) is 0 Å². The molecule has 1 aliphatic rings. The Morgan fingerprint density at radius 1 is 1.37 bits per heavy atom. The second kappa shape index (κ2) is 9.25. The summed E-state index contributed by atoms with van der Waals surface area (Å²) in [4.78, 5) is 15.7. The van der Waals surface area contributed by atoms with Gasteiger partial charge in [0.15, 0.2) is 5.82 Å². The first kappa shape index (κ1) is 21.8. The minimum Gasteiger partial charge on any atom is -0.434 e. The molecule has 30 heavy (non-hydrogen) atoms. The molecular formula is C19H25N5O6. The number of carbonyl (C=O) groups excluding carboxylic acids is 1. The predicted octanol–water partition coefficient (Wildman–Crippen LogP) is 1.10. The van der Waals surface area contributed by atoms with Gasteiger partial charge < -0.3 is 30.2 Å². The van der Waals surface area contributed by atoms with Crippen LogP contribution in [0.2, 0.25) is 0 Å². The van der Waals surface area contributed by atoms with Crippen LogP contribution in [0.1, 0.15) is 44.4 Å². The number of nitrogens with two attached hydrogens (primary N) is 1. The number of aliphatic hydroxyl groups is 2. The quantitative estimate of drug-likeness (QED) is 0.416. The average molecular weight is 419 g/mol. The molecule has 2 aromatic heterocycles. The number of nitrogen functional groups attached to an aromatic ring is 1. The van der Waals surface area contributed by atoms with Gasteiger partial charge in [0.05, 0.1) is 12.3 Å². The number of nitriles is 1. The van der Waals surface area contributed by atoms with E-state index in [0.29, 0.717) is 17.6 Å². The summed E-state index contributed by atoms with van der Waals surface area (Å²) in [6.45, 7) is 1.67. The molecule has 0 spiro atoms. The highest BCUT2D eigenvalue weighted by atomic mass is 16.7. The third-order valence-corrected chi connectivity index (χ3v) is 5.06. The Labute approximate surface area is 173 Å². The molecule has 3 heterocycles. The summed E-state index contributed by atoms with van der Waals surface area (Å²) in [5.74, 6) is 0.223. The monoisotopic (exact) mass is 419 g/mol. The Kier molecular flexibility index (Phi) is 6.71. The number of hydrogen-bond donors (Lipinski definition) is 3. The SMILES string of the molecule is CCCCCCOC(=O)OC[C@@]1(C#N)O[C@@H](c2ccc3c(N)ncnn23)[C@H](O)[C@@H]1O. The van der Waals surface area contributed by atoms with Gasteiger partial charge in [-0.05, 0) is 18.6 Å². The Morgan fingerprint density at radius 3 is 2.90 bits per heavy atom. The van der Waals surface area contributed by atoms with Crippen LogP contribution in [0.5, 0.6) is 0 Å². The van der Waals surface area contributed by atoms with Gasteiger partial charge in [0, 0.05) is 0 Å². The second-order valence-electron chi connectivity index (χ2n) is 7.12. The number of carbonyl (C=O) groups is 1. The van der Waals surface area contributed by atoms with E-state index in [9.17, 15) is 20.3 Å². The zero-order valence-electron chi connectivity index (χ0n) is 16.6. The minimum atomic E-state index is -1.96. The average Bonchev–Trinajstić information content (AvgIpc) is 3.28. The van der Waals surface area contributed by atoms with Crippen molar-refractivity contribution in [3.8, 4) is 6.07 Å². The lowest BCUT2D eigenvalue weighted by Crippen LogP contribution is -2.46. The molecule has 2 aromatic rings. The first-order valence-corrected chi connectivity index (χ1v) is 9.76. The lowest BCUT2D eigenvalue weighted by atomic mass is 9.96. The molecule has 0 aliphatic carbocycles. The molecule has 1 aliphatic heterocycles. The van der Waals surface area contributed by atoms with E-state index in [1.54, 1.807) is 12.1 Å². The number of rotatable bonds is 8. The van der Waals surface area contributed by atoms with Crippen molar-refractivity contribution in [2.45, 2.75) is 56.5 Å². The van der Waals surface area contributed by atoms with Crippen LogP contribution in [0.3, 0.4) is 0 Å². The highest BCUT2D eigenvalue weighted by Crippen LogP contribution is 2.40. The van der Waals surface area contributed by atoms with Crippen molar-refractivity contribution in [3.63, 3.8) is 0 Å². The van der Waals surface area contributed by atoms with Crippen molar-refractivity contribution in [1.29, 1.82) is 5.26 Å². The number of aromatic nitrogens is 3. The van der Waals surface area contributed by atoms with Crippen molar-refractivity contribution < 1.29 is 29.2 Å². The fourth-order valence-electron chi connectivity index (χ4n) is 3.37. The van der Waals surface area contributed by atoms with Crippen molar-refractivity contribution in [2.24, 2.45) is 0 Å². The lowest BCUT2D eigenvalue weighted by molar-refractivity contribution is -0.0856. The Morgan fingerprint density at radius 2 is 2.17 bits per heavy atom. The fraction of sp³-hybridized carbons (Fsp3) is 0.579. The molecule has 0 saturated carbocycles. The molecule has 11 heteroatoms. The molecular weight excluding hydrogens is 394 g/mol. The zero-order valence-corrected chi connectivity index (χ0v) is 16.6. The van der Waals surface area contributed by atoms with Crippen LogP contribution in [0, 0.1) is 11.3 Å². The largest absolute Gasteiger partial charge is 0.508 e. The molecule has 0 amide bonds. The fourth-order valence-corrected chi connectivity index (χ4v) is 3.37. The van der Waals surface area contributed by atoms with Crippen molar-refractivity contribution in [3.05, 3.63) is 24.2 Å². The number of nitrogens with zero attached hydrogens (tertiary/aromatic N) is 4. The Bertz CT molecular complexity index is 928. The van der Waals surface area contributed by atoms with Gasteiger partial charge in [-0.3, -0.25) is 0 Å². The van der Waals surface area contributed by atoms with Crippen LogP contribution >= 0.6 is 0 Å². The van der Waals surface area contributed by atoms with E-state index in [2.05, 4.69) is 17.0 Å². The molecule has 1 saturated heterocycles. The van der Waals surface area contributed by atoms with E-state index < -0.39 is 36.7 Å². The van der Waals surface area contributed by atoms with E-state index in [1.807, 2.05) is 6.07 Å². The van der Waals surface area contributed by atoms with Gasteiger partial charge in [0.2, 0.25) is 5.60 Å². The van der Waals surface area contributed by atoms with Crippen LogP contribution in [-0.2, 0) is 14.2 Å². The topological polar surface area (TPSA) is 165 Å². The van der Waals surface area contributed by atoms with E-state index in [0.717, 1.165) is 19.3 Å². The second-order valence-corrected chi connectivity index (χ2v) is 7.12. The number of anilines is 1. The molecule has 0 aromatic carbocycles. The van der Waals surface area contributed by atoms with Gasteiger partial charge in [-0.15, -0.1) is 0 Å². The molecule has 4 N–H and O–H groups in total. The van der Waals surface area contributed by atoms with Crippen LogP contribution in [0.4, 0.5) is 10.6 Å². The van der Waals surface area contributed by atoms with Crippen molar-refractivity contribution in [2.75, 3.05) is 18.9 Å². The third-order valence-electron chi connectivity index (χ3n) is 5.06. The minimum absolute atomic E-state index is 0.199. The standard InChI is InChI=1S/C19H25N5O6/c1-2-3-4-5-8-28-18(27)29-10-19(9-20)16(26)14(25)15(30-19)12-6-7-13-17(21)22-11-23-24(12)13/h6-7,11,14-16,25-26H,2-5,8,10H2,1H3,(H2,21,22,23)/t14-,15-,16-,19+/m0/s1. The van der Waals surface area contributed by atoms with E-state index in [4.69, 9.17) is 19.9 Å². The summed E-state index contributed by atoms with van der Waals surface area (Å²) in [7, 11) is 0. The molecule has 11 nitrogen and oxygen atoms in total. The number of aliphatic hydroxyl groups excluding tert-OH is 2. The summed E-state index contributed by atoms with van der Waals surface area (Å²) in [5, 5.41) is 34.7. The first-order chi connectivity index (χ1) is 14.4. The normalized spacial score (nSPS) is 25.9. The number of hydrogen-bond acceptors (Lipinski definition) is 10. The van der Waals surface area contributed by atoms with Crippen LogP contribution in [0.15, 0.2) is 18.5 Å². The molecule has 0 radical (unpaired) electrons. The molecule has 4 atom stereocenters. The van der Waals surface area contributed by atoms with E-state index >= 15 is 0 Å². The molecule has 162 valence electrons. The van der Waals surface area contributed by atoms with E-state index in [1.165, 1.54) is 10.8 Å². The third kappa shape index (κ3) is 4.16. The van der Waals surface area contributed by atoms with Gasteiger partial charge in [-0.25, -0.2) is 14.3 Å². The number of unbranched alkanes of at least 4 members (excludes halogenated alkanes) is 3. The van der Waals surface area contributed by atoms with E-state index in [-0.39, 0.29) is 12.4 Å². The van der Waals surface area contributed by atoms with Crippen LogP contribution in [0.25, 0.3) is 5.52 Å². The highest BCUT2D eigenvalue weighted by Gasteiger charge is 2.57. The summed E-state index contributed by atoms with van der Waals surface area (Å²) in [5.41, 5.74) is 4.69. The van der Waals surface area contributed by atoms with Gasteiger partial charge >= 0.3 is 6.16 Å². The molecule has 1 fully saturated rings. The smallest absolute Gasteiger partial charge is 0.434 e. The predicted molar refractivity (Wildman–Crippen MR) is 103 cm³/mol. The maximum atomic E-state index is 11.8. The Balaban J connectivity index is 1.68. The maximum absolute atomic E-state index is 11.8. The summed E-state index contributed by atoms with van der Waals surface area (Å²) < 4.78 is 17.1. The lowest BCUT2D eigenvalue weighted by Gasteiger charge is -2.23. The van der Waals surface area contributed by atoms with Crippen molar-refractivity contribution >= 4 is 17.5 Å². The highest BCUT2D eigenvalue weighted by molar-refractivity contribution is 5.65. The van der Waals surface area contributed by atoms with Gasteiger partial charge in [-0.2, -0.15) is 10.4 Å². The van der Waals surface area contributed by atoms with Gasteiger partial charge in [0.1, 0.15) is 42.8 Å². The zero-order chi connectivity index (χ0) is 21.7. The van der Waals surface area contributed by atoms with Crippen LogP contribution in [-0.4, -0.2) is 62.0 Å². The Hall–Kier alpha value is -2.94. The van der Waals surface area contributed by atoms with Crippen molar-refractivity contribution in [1.82, 2.24) is 14.6 Å². The van der Waals surface area contributed by atoms with Crippen LogP contribution < -0.4 is 5.73 Å². The van der Waals surface area contributed by atoms with Gasteiger partial charge in [-0.1, -0.05) is 26.2 Å².